The van der Waals surface area contributed by atoms with Gasteiger partial charge < -0.3 is 14.9 Å². The lowest BCUT2D eigenvalue weighted by atomic mass is 9.50. The summed E-state index contributed by atoms with van der Waals surface area (Å²) >= 11 is 0. The zero-order valence-corrected chi connectivity index (χ0v) is 21.8. The summed E-state index contributed by atoms with van der Waals surface area (Å²) in [5.41, 5.74) is -0.588. The summed E-state index contributed by atoms with van der Waals surface area (Å²) in [4.78, 5) is 14.9. The van der Waals surface area contributed by atoms with Gasteiger partial charge in [-0.25, -0.2) is 0 Å². The molecular formula is C29H47NO4. The van der Waals surface area contributed by atoms with Crippen LogP contribution in [0.5, 0.6) is 0 Å². The van der Waals surface area contributed by atoms with Crippen molar-refractivity contribution in [2.75, 3.05) is 13.1 Å². The van der Waals surface area contributed by atoms with E-state index in [2.05, 4.69) is 25.7 Å². The van der Waals surface area contributed by atoms with Crippen LogP contribution in [-0.4, -0.2) is 58.0 Å². The number of carbonyl (C=O) groups is 1. The highest BCUT2D eigenvalue weighted by molar-refractivity contribution is 5.66. The summed E-state index contributed by atoms with van der Waals surface area (Å²) in [7, 11) is 0. The third-order valence-electron chi connectivity index (χ3n) is 12.4. The van der Waals surface area contributed by atoms with Gasteiger partial charge in [-0.1, -0.05) is 20.8 Å². The molecule has 2 saturated heterocycles. The number of hydrogen-bond donors (Lipinski definition) is 2. The summed E-state index contributed by atoms with van der Waals surface area (Å²) < 4.78 is 5.94. The smallest absolute Gasteiger partial charge is 0.302 e. The summed E-state index contributed by atoms with van der Waals surface area (Å²) in [6, 6.07) is 0.738. The van der Waals surface area contributed by atoms with Crippen molar-refractivity contribution in [3.8, 4) is 0 Å². The summed E-state index contributed by atoms with van der Waals surface area (Å²) in [5, 5.41) is 23.0. The van der Waals surface area contributed by atoms with Crippen molar-refractivity contribution >= 4 is 5.97 Å². The maximum absolute atomic E-state index is 12.5. The Bertz CT molecular complexity index is 816. The molecule has 5 nitrogen and oxygen atoms in total. The summed E-state index contributed by atoms with van der Waals surface area (Å²) in [6.07, 6.45) is 8.78. The average Bonchev–Trinajstić information content (AvgIpc) is 3.08. The predicted octanol–water partition coefficient (Wildman–Crippen LogP) is 4.25. The Labute approximate surface area is 206 Å². The van der Waals surface area contributed by atoms with Crippen molar-refractivity contribution < 1.29 is 19.7 Å². The highest BCUT2D eigenvalue weighted by Gasteiger charge is 2.68. The van der Waals surface area contributed by atoms with E-state index in [-0.39, 0.29) is 35.4 Å². The van der Waals surface area contributed by atoms with Gasteiger partial charge in [-0.3, -0.25) is 9.69 Å². The molecule has 0 bridgehead atoms. The number of fused-ring (bicyclic) bond motifs is 8. The van der Waals surface area contributed by atoms with Crippen molar-refractivity contribution in [2.45, 2.75) is 109 Å². The van der Waals surface area contributed by atoms with Crippen molar-refractivity contribution in [3.05, 3.63) is 0 Å². The van der Waals surface area contributed by atoms with Gasteiger partial charge in [0, 0.05) is 32.0 Å². The van der Waals surface area contributed by atoms with E-state index in [9.17, 15) is 15.0 Å². The Morgan fingerprint density at radius 1 is 0.912 bits per heavy atom. The monoisotopic (exact) mass is 473 g/mol. The summed E-state index contributed by atoms with van der Waals surface area (Å²) in [5.74, 6) is 3.87. The molecule has 6 aliphatic rings. The van der Waals surface area contributed by atoms with E-state index >= 15 is 0 Å². The van der Waals surface area contributed by atoms with Gasteiger partial charge in [0.15, 0.2) is 0 Å². The number of carbonyl (C=O) groups excluding carboxylic acids is 1. The molecule has 2 N–H and O–H groups in total. The highest BCUT2D eigenvalue weighted by Crippen LogP contribution is 2.68. The molecule has 0 spiro atoms. The fourth-order valence-electron chi connectivity index (χ4n) is 10.9. The second-order valence-corrected chi connectivity index (χ2v) is 13.9. The third-order valence-corrected chi connectivity index (χ3v) is 12.4. The van der Waals surface area contributed by atoms with Crippen LogP contribution in [-0.2, 0) is 9.53 Å². The molecule has 4 aliphatic carbocycles. The van der Waals surface area contributed by atoms with Gasteiger partial charge in [0.2, 0.25) is 0 Å². The largest absolute Gasteiger partial charge is 0.462 e. The minimum absolute atomic E-state index is 0.0350. The van der Waals surface area contributed by atoms with Gasteiger partial charge in [0.1, 0.15) is 6.10 Å². The standard InChI is InChI=1S/C29H47NO4/c1-16-5-6-26-17(2)20-8-10-29(33)22(21(20)15-30(26)14-16)12-23-24(29)13-27(34-18(3)31)25-11-19(32)7-9-28(23,25)4/h16-17,19-27,32-33H,5-15H2,1-4H3/t16-,17-,19+,20-,21-,22+,23+,24-,25-,26+,27-,28-,29+/m1/s1. The molecular weight excluding hydrogens is 426 g/mol. The Morgan fingerprint density at radius 2 is 1.71 bits per heavy atom. The molecule has 2 heterocycles. The number of hydrogen-bond acceptors (Lipinski definition) is 5. The first-order valence-electron chi connectivity index (χ1n) is 14.4. The van der Waals surface area contributed by atoms with Crippen LogP contribution < -0.4 is 0 Å². The van der Waals surface area contributed by atoms with Gasteiger partial charge in [-0.05, 0) is 105 Å². The molecule has 192 valence electrons. The van der Waals surface area contributed by atoms with Crippen LogP contribution in [0, 0.1) is 52.8 Å². The van der Waals surface area contributed by atoms with Gasteiger partial charge in [-0.15, -0.1) is 0 Å². The Kier molecular flexibility index (Phi) is 5.71. The van der Waals surface area contributed by atoms with Gasteiger partial charge in [0.25, 0.3) is 0 Å². The van der Waals surface area contributed by atoms with E-state index in [4.69, 9.17) is 4.74 Å². The molecule has 4 saturated carbocycles. The highest BCUT2D eigenvalue weighted by atomic mass is 16.5. The van der Waals surface area contributed by atoms with Crippen molar-refractivity contribution in [2.24, 2.45) is 52.8 Å². The second kappa shape index (κ2) is 8.18. The number of ether oxygens (including phenoxy) is 1. The minimum Gasteiger partial charge on any atom is -0.462 e. The van der Waals surface area contributed by atoms with Crippen LogP contribution in [0.25, 0.3) is 0 Å². The first-order valence-corrected chi connectivity index (χ1v) is 14.4. The fourth-order valence-corrected chi connectivity index (χ4v) is 10.9. The lowest BCUT2D eigenvalue weighted by Crippen LogP contribution is -2.62. The zero-order valence-electron chi connectivity index (χ0n) is 21.8. The van der Waals surface area contributed by atoms with Gasteiger partial charge >= 0.3 is 5.97 Å². The lowest BCUT2D eigenvalue weighted by molar-refractivity contribution is -0.191. The van der Waals surface area contributed by atoms with Crippen molar-refractivity contribution in [3.63, 3.8) is 0 Å². The van der Waals surface area contributed by atoms with Crippen LogP contribution in [0.2, 0.25) is 0 Å². The molecule has 6 fully saturated rings. The number of aliphatic hydroxyl groups excluding tert-OH is 1. The Morgan fingerprint density at radius 3 is 2.47 bits per heavy atom. The maximum atomic E-state index is 12.5. The second-order valence-electron chi connectivity index (χ2n) is 13.9. The number of nitrogens with zero attached hydrogens (tertiary/aromatic N) is 1. The molecule has 0 amide bonds. The fraction of sp³-hybridized carbons (Fsp3) is 0.966. The third kappa shape index (κ3) is 3.39. The van der Waals surface area contributed by atoms with Crippen molar-refractivity contribution in [1.82, 2.24) is 4.90 Å². The molecule has 0 aromatic rings. The van der Waals surface area contributed by atoms with Crippen LogP contribution in [0.1, 0.15) is 85.5 Å². The van der Waals surface area contributed by atoms with Crippen molar-refractivity contribution in [1.29, 1.82) is 0 Å². The average molecular weight is 474 g/mol. The van der Waals surface area contributed by atoms with Crippen LogP contribution in [0.4, 0.5) is 0 Å². The quantitative estimate of drug-likeness (QED) is 0.557. The molecule has 0 aromatic heterocycles. The normalized spacial score (nSPS) is 56.9. The van der Waals surface area contributed by atoms with Crippen LogP contribution in [0.15, 0.2) is 0 Å². The minimum atomic E-state index is -0.623. The molecule has 0 aromatic carbocycles. The Balaban J connectivity index is 1.33. The predicted molar refractivity (Wildman–Crippen MR) is 131 cm³/mol. The van der Waals surface area contributed by atoms with E-state index in [0.29, 0.717) is 17.8 Å². The van der Waals surface area contributed by atoms with Gasteiger partial charge in [-0.2, -0.15) is 0 Å². The lowest BCUT2D eigenvalue weighted by Gasteiger charge is -2.59. The molecule has 0 radical (unpaired) electrons. The molecule has 13 atom stereocenters. The Hall–Kier alpha value is -0.650. The van der Waals surface area contributed by atoms with E-state index < -0.39 is 5.60 Å². The molecule has 34 heavy (non-hydrogen) atoms. The summed E-state index contributed by atoms with van der Waals surface area (Å²) in [6.45, 7) is 11.2. The van der Waals surface area contributed by atoms with E-state index in [1.807, 2.05) is 0 Å². The van der Waals surface area contributed by atoms with E-state index in [0.717, 1.165) is 68.7 Å². The van der Waals surface area contributed by atoms with E-state index in [1.165, 1.54) is 32.9 Å². The van der Waals surface area contributed by atoms with Crippen LogP contribution >= 0.6 is 0 Å². The first kappa shape index (κ1) is 23.7. The number of esters is 1. The first-order chi connectivity index (χ1) is 16.1. The molecule has 2 aliphatic heterocycles. The number of aliphatic hydroxyl groups is 2. The number of rotatable bonds is 1. The van der Waals surface area contributed by atoms with E-state index in [1.54, 1.807) is 0 Å². The van der Waals surface area contributed by atoms with Crippen LogP contribution in [0.3, 0.4) is 0 Å². The maximum Gasteiger partial charge on any atom is 0.302 e. The topological polar surface area (TPSA) is 70.0 Å². The molecule has 6 rings (SSSR count). The zero-order chi connectivity index (χ0) is 24.0. The molecule has 5 heteroatoms. The number of piperidine rings is 2. The van der Waals surface area contributed by atoms with Gasteiger partial charge in [0.05, 0.1) is 11.7 Å². The molecule has 0 unspecified atom stereocenters. The SMILES string of the molecule is CC(=O)O[C@@H]1C[C@@H]2[C@H](C[C@H]3[C@@H]4CN5C[C@H](C)CC[C@H]5[C@H](C)[C@H]4CC[C@@]23O)[C@@]2(C)CC[C@H](O)C[C@H]12.